The quantitative estimate of drug-likeness (QED) is 0.818. The highest BCUT2D eigenvalue weighted by Crippen LogP contribution is 2.24. The first-order chi connectivity index (χ1) is 7.19. The van der Waals surface area contributed by atoms with Gasteiger partial charge in [-0.1, -0.05) is 27.7 Å². The molecule has 0 bridgehead atoms. The van der Waals surface area contributed by atoms with Crippen LogP contribution in [0, 0.1) is 6.92 Å². The highest BCUT2D eigenvalue weighted by Gasteiger charge is 2.10. The Hall–Kier alpha value is -1.05. The Labute approximate surface area is 93.9 Å². The molecule has 0 aliphatic carbocycles. The molecule has 86 valence electrons. The van der Waals surface area contributed by atoms with Crippen LogP contribution >= 0.6 is 0 Å². The summed E-state index contributed by atoms with van der Waals surface area (Å²) in [4.78, 5) is 4.39. The van der Waals surface area contributed by atoms with Crippen LogP contribution in [0.5, 0.6) is 0 Å². The minimum Gasteiger partial charge on any atom is -0.397 e. The normalized spacial score (nSPS) is 9.73. The lowest BCUT2D eigenvalue weighted by molar-refractivity contribution is 0.619. The van der Waals surface area contributed by atoms with Gasteiger partial charge in [-0.05, 0) is 31.4 Å². The minimum absolute atomic E-state index is 0.584. The Kier molecular flexibility index (Phi) is 6.76. The monoisotopic (exact) mass is 208 g/mol. The van der Waals surface area contributed by atoms with Crippen molar-refractivity contribution in [2.75, 3.05) is 5.73 Å². The van der Waals surface area contributed by atoms with Gasteiger partial charge in [0.25, 0.3) is 0 Å². The fourth-order valence-electron chi connectivity index (χ4n) is 1.71. The number of pyridine rings is 1. The Bertz CT molecular complexity index is 278. The van der Waals surface area contributed by atoms with Gasteiger partial charge in [0.05, 0.1) is 11.9 Å². The summed E-state index contributed by atoms with van der Waals surface area (Å²) in [5.74, 6) is 0.584. The van der Waals surface area contributed by atoms with Crippen molar-refractivity contribution in [2.45, 2.75) is 53.4 Å². The zero-order valence-corrected chi connectivity index (χ0v) is 10.7. The maximum Gasteiger partial charge on any atom is 0.0503 e. The predicted octanol–water partition coefficient (Wildman–Crippen LogP) is 3.90. The molecule has 0 amide bonds. The van der Waals surface area contributed by atoms with Gasteiger partial charge in [0.15, 0.2) is 0 Å². The number of aryl methyl sites for hydroxylation is 1. The molecule has 0 spiro atoms. The zero-order valence-electron chi connectivity index (χ0n) is 10.7. The van der Waals surface area contributed by atoms with Crippen molar-refractivity contribution in [2.24, 2.45) is 0 Å². The summed E-state index contributed by atoms with van der Waals surface area (Å²) in [6.07, 6.45) is 4.04. The van der Waals surface area contributed by atoms with Gasteiger partial charge in [-0.15, -0.1) is 0 Å². The summed E-state index contributed by atoms with van der Waals surface area (Å²) in [6, 6.07) is 2.00. The zero-order chi connectivity index (χ0) is 11.8. The molecule has 0 atom stereocenters. The van der Waals surface area contributed by atoms with Crippen molar-refractivity contribution in [3.8, 4) is 0 Å². The summed E-state index contributed by atoms with van der Waals surface area (Å²) in [6.45, 7) is 10.5. The molecule has 1 aromatic rings. The van der Waals surface area contributed by atoms with E-state index in [-0.39, 0.29) is 0 Å². The molecule has 0 unspecified atom stereocenters. The number of nitrogen functional groups attached to an aromatic ring is 1. The topological polar surface area (TPSA) is 38.9 Å². The average Bonchev–Trinajstić information content (AvgIpc) is 2.25. The Balaban J connectivity index is 0.000000921. The first kappa shape index (κ1) is 13.9. The van der Waals surface area contributed by atoms with Crippen molar-refractivity contribution >= 4 is 5.69 Å². The van der Waals surface area contributed by atoms with Crippen molar-refractivity contribution in [1.82, 2.24) is 4.98 Å². The molecule has 15 heavy (non-hydrogen) atoms. The summed E-state index contributed by atoms with van der Waals surface area (Å²) >= 11 is 0. The van der Waals surface area contributed by atoms with Crippen molar-refractivity contribution in [3.63, 3.8) is 0 Å². The van der Waals surface area contributed by atoms with Gasteiger partial charge in [-0.25, -0.2) is 0 Å². The number of aromatic nitrogens is 1. The van der Waals surface area contributed by atoms with Crippen LogP contribution in [0.4, 0.5) is 5.69 Å². The van der Waals surface area contributed by atoms with Crippen molar-refractivity contribution in [3.05, 3.63) is 23.5 Å². The van der Waals surface area contributed by atoms with Crippen LogP contribution in [0.3, 0.4) is 0 Å². The van der Waals surface area contributed by atoms with Crippen molar-refractivity contribution in [1.29, 1.82) is 0 Å². The van der Waals surface area contributed by atoms with Gasteiger partial charge in [0.2, 0.25) is 0 Å². The molecule has 0 saturated heterocycles. The maximum absolute atomic E-state index is 5.65. The van der Waals surface area contributed by atoms with Gasteiger partial charge in [0.1, 0.15) is 0 Å². The molecule has 0 aliphatic rings. The molecule has 0 aliphatic heterocycles. The SMILES string of the molecule is CC.CCC(CC)c1ncc(N)cc1C. The fourth-order valence-corrected chi connectivity index (χ4v) is 1.71. The van der Waals surface area contributed by atoms with E-state index in [1.54, 1.807) is 6.20 Å². The van der Waals surface area contributed by atoms with E-state index in [1.165, 1.54) is 11.3 Å². The standard InChI is InChI=1S/C11H18N2.C2H6/c1-4-9(5-2)11-8(3)6-10(12)7-13-11;1-2/h6-7,9H,4-5,12H2,1-3H3;1-2H3. The van der Waals surface area contributed by atoms with E-state index in [0.717, 1.165) is 18.5 Å². The highest BCUT2D eigenvalue weighted by molar-refractivity contribution is 5.40. The average molecular weight is 208 g/mol. The number of hydrogen-bond acceptors (Lipinski definition) is 2. The molecule has 2 N–H and O–H groups in total. The van der Waals surface area contributed by atoms with Crippen LogP contribution in [0.25, 0.3) is 0 Å². The van der Waals surface area contributed by atoms with Crippen LogP contribution in [0.1, 0.15) is 57.7 Å². The van der Waals surface area contributed by atoms with Crippen LogP contribution in [-0.2, 0) is 0 Å². The van der Waals surface area contributed by atoms with Crippen LogP contribution in [0.2, 0.25) is 0 Å². The second-order valence-electron chi connectivity index (χ2n) is 3.48. The van der Waals surface area contributed by atoms with Gasteiger partial charge in [-0.3, -0.25) is 4.98 Å². The number of nitrogens with two attached hydrogens (primary N) is 1. The first-order valence-corrected chi connectivity index (χ1v) is 5.91. The first-order valence-electron chi connectivity index (χ1n) is 5.91. The number of hydrogen-bond donors (Lipinski definition) is 1. The molecule has 1 aromatic heterocycles. The van der Waals surface area contributed by atoms with E-state index in [0.29, 0.717) is 5.92 Å². The van der Waals surface area contributed by atoms with E-state index in [2.05, 4.69) is 25.8 Å². The minimum atomic E-state index is 0.584. The molecule has 1 rings (SSSR count). The molecular weight excluding hydrogens is 184 g/mol. The maximum atomic E-state index is 5.65. The van der Waals surface area contributed by atoms with Gasteiger partial charge in [0, 0.05) is 11.6 Å². The smallest absolute Gasteiger partial charge is 0.0503 e. The summed E-state index contributed by atoms with van der Waals surface area (Å²) < 4.78 is 0. The number of nitrogens with zero attached hydrogens (tertiary/aromatic N) is 1. The molecule has 1 heterocycles. The molecule has 0 aromatic carbocycles. The molecular formula is C13H24N2. The molecule has 0 fully saturated rings. The van der Waals surface area contributed by atoms with Crippen molar-refractivity contribution < 1.29 is 0 Å². The molecule has 0 radical (unpaired) electrons. The van der Waals surface area contributed by atoms with Gasteiger partial charge < -0.3 is 5.73 Å². The van der Waals surface area contributed by atoms with E-state index in [4.69, 9.17) is 5.73 Å². The van der Waals surface area contributed by atoms with Crippen LogP contribution in [-0.4, -0.2) is 4.98 Å². The van der Waals surface area contributed by atoms with Gasteiger partial charge in [-0.2, -0.15) is 0 Å². The van der Waals surface area contributed by atoms with E-state index in [1.807, 2.05) is 19.9 Å². The predicted molar refractivity (Wildman–Crippen MR) is 68.1 cm³/mol. The highest BCUT2D eigenvalue weighted by atomic mass is 14.7. The molecule has 0 saturated carbocycles. The number of rotatable bonds is 3. The van der Waals surface area contributed by atoms with E-state index < -0.39 is 0 Å². The third-order valence-electron chi connectivity index (χ3n) is 2.51. The van der Waals surface area contributed by atoms with Crippen LogP contribution in [0.15, 0.2) is 12.3 Å². The second-order valence-corrected chi connectivity index (χ2v) is 3.48. The van der Waals surface area contributed by atoms with E-state index >= 15 is 0 Å². The molecule has 2 heteroatoms. The van der Waals surface area contributed by atoms with Gasteiger partial charge >= 0.3 is 0 Å². The molecule has 2 nitrogen and oxygen atoms in total. The summed E-state index contributed by atoms with van der Waals surface area (Å²) in [7, 11) is 0. The lowest BCUT2D eigenvalue weighted by Gasteiger charge is -2.14. The lowest BCUT2D eigenvalue weighted by Crippen LogP contribution is -2.02. The number of anilines is 1. The Morgan fingerprint density at radius 3 is 2.20 bits per heavy atom. The third kappa shape index (κ3) is 3.90. The van der Waals surface area contributed by atoms with Crippen LogP contribution < -0.4 is 5.73 Å². The lowest BCUT2D eigenvalue weighted by atomic mass is 9.95. The fraction of sp³-hybridized carbons (Fsp3) is 0.615. The van der Waals surface area contributed by atoms with E-state index in [9.17, 15) is 0 Å². The summed E-state index contributed by atoms with van der Waals surface area (Å²) in [5.41, 5.74) is 8.83. The summed E-state index contributed by atoms with van der Waals surface area (Å²) in [5, 5.41) is 0. The Morgan fingerprint density at radius 1 is 1.27 bits per heavy atom. The second kappa shape index (κ2) is 7.27. The Morgan fingerprint density at radius 2 is 1.80 bits per heavy atom. The largest absolute Gasteiger partial charge is 0.397 e. The third-order valence-corrected chi connectivity index (χ3v) is 2.51.